The van der Waals surface area contributed by atoms with Crippen molar-refractivity contribution in [3.8, 4) is 0 Å². The first-order valence-electron chi connectivity index (χ1n) is 4.87. The van der Waals surface area contributed by atoms with Crippen LogP contribution in [0, 0.1) is 0 Å². The fourth-order valence-corrected chi connectivity index (χ4v) is 1.02. The Labute approximate surface area is 89.0 Å². The number of rotatable bonds is 3. The molecule has 2 amide bonds. The summed E-state index contributed by atoms with van der Waals surface area (Å²) in [5.74, 6) is 0. The molecule has 0 aromatic carbocycles. The van der Waals surface area contributed by atoms with E-state index in [1.807, 2.05) is 20.8 Å². The van der Waals surface area contributed by atoms with Crippen molar-refractivity contribution in [2.75, 3.05) is 6.54 Å². The molecule has 0 bridgehead atoms. The van der Waals surface area contributed by atoms with Gasteiger partial charge in [0.25, 0.3) is 0 Å². The van der Waals surface area contributed by atoms with Crippen molar-refractivity contribution in [2.24, 2.45) is 0 Å². The lowest BCUT2D eigenvalue weighted by atomic mass is 10.1. The smallest absolute Gasteiger partial charge is 0.315 e. The second-order valence-electron chi connectivity index (χ2n) is 4.30. The minimum absolute atomic E-state index is 0.164. The van der Waals surface area contributed by atoms with Gasteiger partial charge >= 0.3 is 6.03 Å². The summed E-state index contributed by atoms with van der Waals surface area (Å²) in [6.45, 7) is 6.96. The van der Waals surface area contributed by atoms with E-state index in [4.69, 9.17) is 0 Å². The average molecular weight is 211 g/mol. The van der Waals surface area contributed by atoms with Crippen LogP contribution in [0.3, 0.4) is 0 Å². The fourth-order valence-electron chi connectivity index (χ4n) is 1.02. The molecule has 0 saturated carbocycles. The Morgan fingerprint density at radius 3 is 2.73 bits per heavy atom. The summed E-state index contributed by atoms with van der Waals surface area (Å²) in [6.07, 6.45) is 3.36. The number of aromatic nitrogens is 3. The third kappa shape index (κ3) is 4.99. The van der Waals surface area contributed by atoms with E-state index in [2.05, 4.69) is 20.9 Å². The number of urea groups is 1. The summed E-state index contributed by atoms with van der Waals surface area (Å²) in [6, 6.07) is -0.164. The van der Waals surface area contributed by atoms with Gasteiger partial charge in [-0.3, -0.25) is 4.68 Å². The van der Waals surface area contributed by atoms with Crippen LogP contribution >= 0.6 is 0 Å². The zero-order valence-electron chi connectivity index (χ0n) is 9.32. The maximum Gasteiger partial charge on any atom is 0.315 e. The highest BCUT2D eigenvalue weighted by Crippen LogP contribution is 1.97. The number of nitrogens with zero attached hydrogens (tertiary/aromatic N) is 3. The number of amides is 2. The summed E-state index contributed by atoms with van der Waals surface area (Å²) in [7, 11) is 0. The van der Waals surface area contributed by atoms with Crippen LogP contribution in [0.15, 0.2) is 12.4 Å². The SMILES string of the molecule is CC(C)(C)NC(=O)NCCn1ccnn1. The van der Waals surface area contributed by atoms with Gasteiger partial charge in [0.1, 0.15) is 0 Å². The van der Waals surface area contributed by atoms with Gasteiger partial charge in [0, 0.05) is 18.3 Å². The molecule has 0 unspecified atom stereocenters. The van der Waals surface area contributed by atoms with Gasteiger partial charge in [-0.05, 0) is 20.8 Å². The highest BCUT2D eigenvalue weighted by atomic mass is 16.2. The molecule has 0 saturated heterocycles. The third-order valence-corrected chi connectivity index (χ3v) is 1.59. The van der Waals surface area contributed by atoms with Crippen molar-refractivity contribution in [3.63, 3.8) is 0 Å². The molecule has 1 rings (SSSR count). The Hall–Kier alpha value is -1.59. The van der Waals surface area contributed by atoms with Crippen LogP contribution in [0.5, 0.6) is 0 Å². The summed E-state index contributed by atoms with van der Waals surface area (Å²) >= 11 is 0. The second kappa shape index (κ2) is 4.77. The molecule has 0 aliphatic carbocycles. The van der Waals surface area contributed by atoms with Gasteiger partial charge in [-0.15, -0.1) is 5.10 Å². The molecule has 6 heteroatoms. The van der Waals surface area contributed by atoms with Gasteiger partial charge in [0.15, 0.2) is 0 Å². The molecule has 0 spiro atoms. The van der Waals surface area contributed by atoms with Crippen molar-refractivity contribution >= 4 is 6.03 Å². The summed E-state index contributed by atoms with van der Waals surface area (Å²) < 4.78 is 1.66. The molecule has 1 heterocycles. The van der Waals surface area contributed by atoms with E-state index >= 15 is 0 Å². The standard InChI is InChI=1S/C9H17N5O/c1-9(2,3)12-8(15)10-4-6-14-7-5-11-13-14/h5,7H,4,6H2,1-3H3,(H2,10,12,15). The normalized spacial score (nSPS) is 11.1. The van der Waals surface area contributed by atoms with Gasteiger partial charge < -0.3 is 10.6 Å². The molecular formula is C9H17N5O. The number of carbonyl (C=O) groups is 1. The van der Waals surface area contributed by atoms with Crippen molar-refractivity contribution in [1.29, 1.82) is 0 Å². The van der Waals surface area contributed by atoms with E-state index < -0.39 is 0 Å². The second-order valence-corrected chi connectivity index (χ2v) is 4.30. The summed E-state index contributed by atoms with van der Waals surface area (Å²) in [5.41, 5.74) is -0.211. The molecule has 0 radical (unpaired) electrons. The van der Waals surface area contributed by atoms with Crippen LogP contribution in [0.25, 0.3) is 0 Å². The van der Waals surface area contributed by atoms with Crippen LogP contribution in [0.1, 0.15) is 20.8 Å². The van der Waals surface area contributed by atoms with Crippen LogP contribution in [0.2, 0.25) is 0 Å². The Kier molecular flexibility index (Phi) is 3.65. The van der Waals surface area contributed by atoms with Gasteiger partial charge in [-0.25, -0.2) is 4.79 Å². The minimum Gasteiger partial charge on any atom is -0.336 e. The minimum atomic E-state index is -0.211. The lowest BCUT2D eigenvalue weighted by Gasteiger charge is -2.20. The summed E-state index contributed by atoms with van der Waals surface area (Å²) in [4.78, 5) is 11.3. The molecule has 2 N–H and O–H groups in total. The fraction of sp³-hybridized carbons (Fsp3) is 0.667. The largest absolute Gasteiger partial charge is 0.336 e. The molecule has 1 aromatic heterocycles. The van der Waals surface area contributed by atoms with Gasteiger partial charge in [0.05, 0.1) is 12.7 Å². The first-order valence-corrected chi connectivity index (χ1v) is 4.87. The highest BCUT2D eigenvalue weighted by Gasteiger charge is 2.12. The molecule has 84 valence electrons. The van der Waals surface area contributed by atoms with E-state index in [0.29, 0.717) is 13.1 Å². The average Bonchev–Trinajstić information content (AvgIpc) is 2.53. The first kappa shape index (κ1) is 11.5. The summed E-state index contributed by atoms with van der Waals surface area (Å²) in [5, 5.41) is 13.0. The molecule has 0 aliphatic heterocycles. The quantitative estimate of drug-likeness (QED) is 0.759. The molecule has 15 heavy (non-hydrogen) atoms. The maximum atomic E-state index is 11.3. The topological polar surface area (TPSA) is 71.8 Å². The predicted molar refractivity (Wildman–Crippen MR) is 56.3 cm³/mol. The van der Waals surface area contributed by atoms with Gasteiger partial charge in [-0.1, -0.05) is 5.21 Å². The van der Waals surface area contributed by atoms with E-state index in [1.54, 1.807) is 17.1 Å². The highest BCUT2D eigenvalue weighted by molar-refractivity contribution is 5.74. The Morgan fingerprint density at radius 2 is 2.20 bits per heavy atom. The van der Waals surface area contributed by atoms with Crippen molar-refractivity contribution in [2.45, 2.75) is 32.9 Å². The molecule has 1 aromatic rings. The molecule has 0 fully saturated rings. The van der Waals surface area contributed by atoms with Gasteiger partial charge in [-0.2, -0.15) is 0 Å². The van der Waals surface area contributed by atoms with E-state index in [-0.39, 0.29) is 11.6 Å². The lowest BCUT2D eigenvalue weighted by Crippen LogP contribution is -2.47. The van der Waals surface area contributed by atoms with E-state index in [0.717, 1.165) is 0 Å². The number of nitrogens with one attached hydrogen (secondary N) is 2. The van der Waals surface area contributed by atoms with Crippen molar-refractivity contribution in [1.82, 2.24) is 25.6 Å². The van der Waals surface area contributed by atoms with Crippen molar-refractivity contribution in [3.05, 3.63) is 12.4 Å². The Morgan fingerprint density at radius 1 is 1.47 bits per heavy atom. The van der Waals surface area contributed by atoms with E-state index in [1.165, 1.54) is 0 Å². The van der Waals surface area contributed by atoms with Gasteiger partial charge in [0.2, 0.25) is 0 Å². The Balaban J connectivity index is 2.18. The number of hydrogen-bond donors (Lipinski definition) is 2. The Bertz CT molecular complexity index is 301. The zero-order valence-corrected chi connectivity index (χ0v) is 9.32. The molecule has 0 aliphatic rings. The third-order valence-electron chi connectivity index (χ3n) is 1.59. The van der Waals surface area contributed by atoms with Crippen LogP contribution < -0.4 is 10.6 Å². The zero-order chi connectivity index (χ0) is 11.3. The van der Waals surface area contributed by atoms with Crippen LogP contribution in [-0.2, 0) is 6.54 Å². The van der Waals surface area contributed by atoms with Crippen LogP contribution in [-0.4, -0.2) is 33.1 Å². The molecular weight excluding hydrogens is 194 g/mol. The predicted octanol–water partition coefficient (Wildman–Crippen LogP) is 0.376. The molecule has 6 nitrogen and oxygen atoms in total. The molecule has 0 atom stereocenters. The van der Waals surface area contributed by atoms with Crippen molar-refractivity contribution < 1.29 is 4.79 Å². The number of hydrogen-bond acceptors (Lipinski definition) is 3. The number of carbonyl (C=O) groups excluding carboxylic acids is 1. The van der Waals surface area contributed by atoms with Crippen LogP contribution in [0.4, 0.5) is 4.79 Å². The maximum absolute atomic E-state index is 11.3. The van der Waals surface area contributed by atoms with E-state index in [9.17, 15) is 4.79 Å². The first-order chi connectivity index (χ1) is 6.97. The lowest BCUT2D eigenvalue weighted by molar-refractivity contribution is 0.231. The monoisotopic (exact) mass is 211 g/mol.